The number of carbonyl (C=O) groups is 1. The molecule has 35 heavy (non-hydrogen) atoms. The van der Waals surface area contributed by atoms with Crippen LogP contribution in [0.15, 0.2) is 60.8 Å². The average Bonchev–Trinajstić information content (AvgIpc) is 3.34. The molecule has 4 rings (SSSR count). The van der Waals surface area contributed by atoms with Crippen LogP contribution in [0, 0.1) is 0 Å². The molecule has 1 saturated heterocycles. The van der Waals surface area contributed by atoms with Crippen molar-refractivity contribution in [3.8, 4) is 16.9 Å². The highest BCUT2D eigenvalue weighted by molar-refractivity contribution is 5.95. The Morgan fingerprint density at radius 1 is 1.14 bits per heavy atom. The maximum atomic E-state index is 13.3. The lowest BCUT2D eigenvalue weighted by Crippen LogP contribution is -2.34. The zero-order valence-electron chi connectivity index (χ0n) is 19.5. The van der Waals surface area contributed by atoms with E-state index in [2.05, 4.69) is 9.88 Å². The lowest BCUT2D eigenvalue weighted by molar-refractivity contribution is -0.138. The van der Waals surface area contributed by atoms with Crippen molar-refractivity contribution in [3.63, 3.8) is 0 Å². The van der Waals surface area contributed by atoms with Crippen LogP contribution in [0.3, 0.4) is 0 Å². The number of carbonyl (C=O) groups excluding carboxylic acids is 1. The number of likely N-dealkylation sites (N-methyl/N-ethyl adjacent to an activating group) is 1. The first-order valence-electron chi connectivity index (χ1n) is 11.2. The van der Waals surface area contributed by atoms with Gasteiger partial charge in [-0.25, -0.2) is 4.98 Å². The molecule has 1 atom stereocenters. The number of hydrogen-bond acceptors (Lipinski definition) is 5. The number of rotatable bonds is 6. The van der Waals surface area contributed by atoms with E-state index in [1.165, 1.54) is 18.2 Å². The van der Waals surface area contributed by atoms with Crippen molar-refractivity contribution >= 4 is 11.7 Å². The van der Waals surface area contributed by atoms with Gasteiger partial charge in [0.15, 0.2) is 11.6 Å². The molecule has 3 aromatic rings. The number of aromatic nitrogens is 1. The fourth-order valence-corrected chi connectivity index (χ4v) is 4.14. The number of amides is 1. The van der Waals surface area contributed by atoms with Gasteiger partial charge in [-0.1, -0.05) is 30.3 Å². The van der Waals surface area contributed by atoms with Gasteiger partial charge < -0.3 is 20.3 Å². The Morgan fingerprint density at radius 3 is 2.51 bits per heavy atom. The Hall–Kier alpha value is -3.59. The number of halogens is 3. The predicted octanol–water partition coefficient (Wildman–Crippen LogP) is 4.70. The highest BCUT2D eigenvalue weighted by Crippen LogP contribution is 2.33. The molecule has 1 aromatic heterocycles. The first-order valence-corrected chi connectivity index (χ1v) is 11.2. The molecule has 2 aromatic carbocycles. The van der Waals surface area contributed by atoms with E-state index in [4.69, 9.17) is 10.5 Å². The van der Waals surface area contributed by atoms with Crippen molar-refractivity contribution in [2.75, 3.05) is 32.9 Å². The SMILES string of the molecule is CN(C)[C@H]1CCN(C(=O)c2ccc(-c3cnc(N)c(OCc4ccccc4C(F)(F)F)c3)cc2)C1. The number of hydrogen-bond donors (Lipinski definition) is 1. The lowest BCUT2D eigenvalue weighted by atomic mass is 10.0. The standard InChI is InChI=1S/C26H27F3N4O2/c1-32(2)21-11-12-33(15-21)25(34)18-9-7-17(8-10-18)20-13-23(24(30)31-14-20)35-16-19-5-3-4-6-22(19)26(27,28)29/h3-10,13-14,21H,11-12,15-16H2,1-2H3,(H2,30,31)/t21-/m0/s1. The molecule has 9 heteroatoms. The minimum Gasteiger partial charge on any atom is -0.485 e. The van der Waals surface area contributed by atoms with Gasteiger partial charge in [0, 0.05) is 42.0 Å². The largest absolute Gasteiger partial charge is 0.485 e. The summed E-state index contributed by atoms with van der Waals surface area (Å²) < 4.78 is 45.4. The molecule has 6 nitrogen and oxygen atoms in total. The molecule has 1 aliphatic heterocycles. The minimum atomic E-state index is -4.48. The van der Waals surface area contributed by atoms with Crippen LogP contribution in [0.1, 0.15) is 27.9 Å². The third-order valence-corrected chi connectivity index (χ3v) is 6.23. The van der Waals surface area contributed by atoms with Gasteiger partial charge in [0.05, 0.1) is 5.56 Å². The monoisotopic (exact) mass is 484 g/mol. The average molecular weight is 485 g/mol. The number of nitrogens with zero attached hydrogens (tertiary/aromatic N) is 3. The fraction of sp³-hybridized carbons (Fsp3) is 0.308. The summed E-state index contributed by atoms with van der Waals surface area (Å²) in [6.45, 7) is 1.12. The van der Waals surface area contributed by atoms with Crippen molar-refractivity contribution in [1.29, 1.82) is 0 Å². The normalized spacial score (nSPS) is 16.1. The van der Waals surface area contributed by atoms with Crippen LogP contribution in [0.5, 0.6) is 5.75 Å². The number of benzene rings is 2. The molecule has 0 spiro atoms. The molecule has 184 valence electrons. The summed E-state index contributed by atoms with van der Waals surface area (Å²) in [7, 11) is 4.03. The van der Waals surface area contributed by atoms with Crippen molar-refractivity contribution in [2.45, 2.75) is 25.2 Å². The number of pyridine rings is 1. The molecule has 1 fully saturated rings. The van der Waals surface area contributed by atoms with E-state index >= 15 is 0 Å². The molecule has 1 amide bonds. The zero-order valence-corrected chi connectivity index (χ0v) is 19.5. The highest BCUT2D eigenvalue weighted by atomic mass is 19.4. The van der Waals surface area contributed by atoms with Crippen LogP contribution in [0.25, 0.3) is 11.1 Å². The van der Waals surface area contributed by atoms with Gasteiger partial charge in [-0.2, -0.15) is 13.2 Å². The Bertz CT molecular complexity index is 1200. The smallest absolute Gasteiger partial charge is 0.416 e. The topological polar surface area (TPSA) is 71.7 Å². The Labute approximate surface area is 202 Å². The van der Waals surface area contributed by atoms with E-state index in [1.54, 1.807) is 24.4 Å². The Balaban J connectivity index is 1.48. The van der Waals surface area contributed by atoms with Gasteiger partial charge >= 0.3 is 6.18 Å². The number of nitrogens with two attached hydrogens (primary N) is 1. The third-order valence-electron chi connectivity index (χ3n) is 6.23. The van der Waals surface area contributed by atoms with Gasteiger partial charge in [0.1, 0.15) is 6.61 Å². The van der Waals surface area contributed by atoms with Crippen LogP contribution in [-0.2, 0) is 12.8 Å². The summed E-state index contributed by atoms with van der Waals surface area (Å²) in [5, 5.41) is 0. The van der Waals surface area contributed by atoms with Gasteiger partial charge in [-0.15, -0.1) is 0 Å². The summed E-state index contributed by atoms with van der Waals surface area (Å²) in [5.41, 5.74) is 7.21. The maximum absolute atomic E-state index is 13.3. The van der Waals surface area contributed by atoms with E-state index < -0.39 is 11.7 Å². The molecule has 1 aliphatic rings. The molecule has 2 N–H and O–H groups in total. The predicted molar refractivity (Wildman–Crippen MR) is 128 cm³/mol. The summed E-state index contributed by atoms with van der Waals surface area (Å²) >= 11 is 0. The highest BCUT2D eigenvalue weighted by Gasteiger charge is 2.33. The third kappa shape index (κ3) is 5.57. The molecule has 0 aliphatic carbocycles. The van der Waals surface area contributed by atoms with Gasteiger partial charge in [-0.3, -0.25) is 4.79 Å². The van der Waals surface area contributed by atoms with E-state index in [0.717, 1.165) is 24.6 Å². The van der Waals surface area contributed by atoms with Crippen molar-refractivity contribution in [3.05, 3.63) is 77.5 Å². The number of anilines is 1. The second-order valence-electron chi connectivity index (χ2n) is 8.79. The fourth-order valence-electron chi connectivity index (χ4n) is 4.14. The Morgan fingerprint density at radius 2 is 1.86 bits per heavy atom. The van der Waals surface area contributed by atoms with Crippen LogP contribution in [0.4, 0.5) is 19.0 Å². The van der Waals surface area contributed by atoms with E-state index in [0.29, 0.717) is 23.7 Å². The summed E-state index contributed by atoms with van der Waals surface area (Å²) in [6.07, 6.45) is -1.97. The van der Waals surface area contributed by atoms with Gasteiger partial charge in [0.2, 0.25) is 0 Å². The number of nitrogen functional groups attached to an aromatic ring is 1. The molecular weight excluding hydrogens is 457 g/mol. The van der Waals surface area contributed by atoms with Crippen LogP contribution in [0.2, 0.25) is 0 Å². The first-order chi connectivity index (χ1) is 16.6. The van der Waals surface area contributed by atoms with E-state index in [-0.39, 0.29) is 29.6 Å². The molecule has 0 bridgehead atoms. The number of likely N-dealkylation sites (tertiary alicyclic amines) is 1. The lowest BCUT2D eigenvalue weighted by Gasteiger charge is -2.20. The number of ether oxygens (including phenoxy) is 1. The van der Waals surface area contributed by atoms with Crippen molar-refractivity contribution in [1.82, 2.24) is 14.8 Å². The molecule has 0 unspecified atom stereocenters. The van der Waals surface area contributed by atoms with Gasteiger partial charge in [0.25, 0.3) is 5.91 Å². The first kappa shape index (κ1) is 24.5. The van der Waals surface area contributed by atoms with Crippen LogP contribution < -0.4 is 10.5 Å². The zero-order chi connectivity index (χ0) is 25.2. The minimum absolute atomic E-state index is 0.00564. The molecule has 0 saturated carbocycles. The summed E-state index contributed by atoms with van der Waals surface area (Å²) in [5.74, 6) is 0.254. The van der Waals surface area contributed by atoms with Crippen molar-refractivity contribution in [2.24, 2.45) is 0 Å². The van der Waals surface area contributed by atoms with E-state index in [1.807, 2.05) is 31.1 Å². The van der Waals surface area contributed by atoms with E-state index in [9.17, 15) is 18.0 Å². The second-order valence-corrected chi connectivity index (χ2v) is 8.79. The summed E-state index contributed by atoms with van der Waals surface area (Å²) in [4.78, 5) is 21.0. The van der Waals surface area contributed by atoms with Crippen LogP contribution >= 0.6 is 0 Å². The quantitative estimate of drug-likeness (QED) is 0.549. The van der Waals surface area contributed by atoms with Crippen LogP contribution in [-0.4, -0.2) is 53.9 Å². The maximum Gasteiger partial charge on any atom is 0.416 e. The number of alkyl halides is 3. The molecule has 2 heterocycles. The van der Waals surface area contributed by atoms with Crippen molar-refractivity contribution < 1.29 is 22.7 Å². The Kier molecular flexibility index (Phi) is 6.98. The summed E-state index contributed by atoms with van der Waals surface area (Å²) in [6, 6.07) is 14.4. The molecule has 0 radical (unpaired) electrons. The second kappa shape index (κ2) is 9.95. The van der Waals surface area contributed by atoms with Gasteiger partial charge in [-0.05, 0) is 50.3 Å². The molecular formula is C26H27F3N4O2.